The fraction of sp³-hybridized carbons (Fsp3) is 0.194. The molecule has 2 heterocycles. The van der Waals surface area contributed by atoms with Crippen LogP contribution in [0, 0.1) is 0 Å². The number of amidine groups is 1. The van der Waals surface area contributed by atoms with Crippen molar-refractivity contribution in [2.75, 3.05) is 30.0 Å². The van der Waals surface area contributed by atoms with Gasteiger partial charge in [-0.3, -0.25) is 9.59 Å². The highest BCUT2D eigenvalue weighted by Crippen LogP contribution is 2.40. The Morgan fingerprint density at radius 2 is 1.82 bits per heavy atom. The predicted molar refractivity (Wildman–Crippen MR) is 159 cm³/mol. The van der Waals surface area contributed by atoms with Gasteiger partial charge in [-0.05, 0) is 54.8 Å². The highest BCUT2D eigenvalue weighted by atomic mass is 32.2. The molecule has 8 heteroatoms. The topological polar surface area (TPSA) is 83.0 Å². The van der Waals surface area contributed by atoms with Gasteiger partial charge in [0.05, 0.1) is 30.1 Å². The van der Waals surface area contributed by atoms with E-state index in [0.29, 0.717) is 28.4 Å². The van der Waals surface area contributed by atoms with Crippen molar-refractivity contribution in [1.82, 2.24) is 4.90 Å². The number of hydrogen-bond donors (Lipinski definition) is 2. The summed E-state index contributed by atoms with van der Waals surface area (Å²) in [5.41, 5.74) is 4.35. The first-order valence-corrected chi connectivity index (χ1v) is 13.8. The molecule has 0 radical (unpaired) electrons. The van der Waals surface area contributed by atoms with Crippen molar-refractivity contribution in [1.29, 1.82) is 0 Å². The van der Waals surface area contributed by atoms with Crippen molar-refractivity contribution >= 4 is 46.2 Å². The molecule has 0 saturated carbocycles. The van der Waals surface area contributed by atoms with E-state index in [-0.39, 0.29) is 17.9 Å². The van der Waals surface area contributed by atoms with Crippen LogP contribution in [0.25, 0.3) is 6.08 Å². The van der Waals surface area contributed by atoms with E-state index in [1.807, 2.05) is 85.8 Å². The van der Waals surface area contributed by atoms with Gasteiger partial charge in [0, 0.05) is 24.1 Å². The van der Waals surface area contributed by atoms with Gasteiger partial charge in [-0.2, -0.15) is 0 Å². The molecule has 1 unspecified atom stereocenters. The van der Waals surface area contributed by atoms with E-state index in [1.54, 1.807) is 24.9 Å². The van der Waals surface area contributed by atoms with E-state index >= 15 is 0 Å². The second kappa shape index (κ2) is 12.0. The van der Waals surface area contributed by atoms with Crippen molar-refractivity contribution in [2.45, 2.75) is 19.4 Å². The van der Waals surface area contributed by atoms with Gasteiger partial charge >= 0.3 is 0 Å². The van der Waals surface area contributed by atoms with Crippen LogP contribution in [0.2, 0.25) is 0 Å². The molecule has 5 rings (SSSR count). The molecule has 3 aromatic rings. The average Bonchev–Trinajstić information content (AvgIpc) is 2.96. The summed E-state index contributed by atoms with van der Waals surface area (Å²) in [7, 11) is 1.58. The van der Waals surface area contributed by atoms with Gasteiger partial charge in [-0.15, -0.1) is 0 Å². The summed E-state index contributed by atoms with van der Waals surface area (Å²) in [6, 6.07) is 24.3. The Hall–Kier alpha value is -4.30. The van der Waals surface area contributed by atoms with E-state index in [1.165, 1.54) is 6.08 Å². The van der Waals surface area contributed by atoms with E-state index in [4.69, 9.17) is 9.73 Å². The summed E-state index contributed by atoms with van der Waals surface area (Å²) in [4.78, 5) is 33.4. The van der Waals surface area contributed by atoms with Crippen molar-refractivity contribution < 1.29 is 14.3 Å². The van der Waals surface area contributed by atoms with Gasteiger partial charge in [-0.25, -0.2) is 4.99 Å². The first-order chi connectivity index (χ1) is 19.0. The van der Waals surface area contributed by atoms with Crippen LogP contribution in [0.15, 0.2) is 101 Å². The highest BCUT2D eigenvalue weighted by molar-refractivity contribution is 8.13. The van der Waals surface area contributed by atoms with Crippen LogP contribution >= 0.6 is 11.8 Å². The van der Waals surface area contributed by atoms with Gasteiger partial charge in [0.15, 0.2) is 5.17 Å². The van der Waals surface area contributed by atoms with Crippen LogP contribution in [0.1, 0.15) is 30.5 Å². The van der Waals surface area contributed by atoms with Crippen LogP contribution in [-0.2, 0) is 9.59 Å². The summed E-state index contributed by atoms with van der Waals surface area (Å²) in [6.07, 6.45) is 4.28. The molecule has 2 aliphatic rings. The summed E-state index contributed by atoms with van der Waals surface area (Å²) in [5.74, 6) is 1.11. The third-order valence-corrected chi connectivity index (χ3v) is 7.63. The number of benzene rings is 3. The number of carbonyl (C=O) groups excluding carboxylic acids is 2. The predicted octanol–water partition coefficient (Wildman–Crippen LogP) is 6.11. The summed E-state index contributed by atoms with van der Waals surface area (Å²) < 4.78 is 5.44. The van der Waals surface area contributed by atoms with E-state index in [2.05, 4.69) is 15.5 Å². The zero-order valence-corrected chi connectivity index (χ0v) is 22.7. The van der Waals surface area contributed by atoms with E-state index < -0.39 is 0 Å². The van der Waals surface area contributed by atoms with Crippen molar-refractivity contribution in [3.63, 3.8) is 0 Å². The number of hydrogen-bond acceptors (Lipinski definition) is 6. The molecule has 198 valence electrons. The largest absolute Gasteiger partial charge is 0.495 e. The minimum absolute atomic E-state index is 0.226. The lowest BCUT2D eigenvalue weighted by Crippen LogP contribution is -2.43. The number of para-hydroxylation sites is 2. The quantitative estimate of drug-likeness (QED) is 0.355. The number of ether oxygens (including phenoxy) is 1. The molecule has 2 aliphatic heterocycles. The average molecular weight is 539 g/mol. The van der Waals surface area contributed by atoms with Crippen molar-refractivity contribution in [3.05, 3.63) is 107 Å². The number of nitrogens with one attached hydrogen (secondary N) is 2. The van der Waals surface area contributed by atoms with Gasteiger partial charge in [0.1, 0.15) is 5.75 Å². The van der Waals surface area contributed by atoms with Crippen LogP contribution in [0.4, 0.5) is 11.4 Å². The number of methoxy groups -OCH3 is 1. The fourth-order valence-electron chi connectivity index (χ4n) is 4.75. The third kappa shape index (κ3) is 6.07. The number of nitrogens with zero attached hydrogens (tertiary/aromatic N) is 2. The van der Waals surface area contributed by atoms with Gasteiger partial charge in [-0.1, -0.05) is 66.4 Å². The molecule has 2 N–H and O–H groups in total. The first kappa shape index (κ1) is 26.3. The molecule has 2 amide bonds. The molecule has 1 fully saturated rings. The molecule has 0 aliphatic carbocycles. The molecule has 7 nitrogen and oxygen atoms in total. The molecule has 0 spiro atoms. The SMILES string of the molecule is COc1ccccc1NC(=O)C1=C(C)N=C2SCCCN2C1c1cccc(NC(=O)/C=C/c2ccccc2)c1. The zero-order valence-electron chi connectivity index (χ0n) is 21.9. The normalized spacial score (nSPS) is 16.9. The number of amides is 2. The zero-order chi connectivity index (χ0) is 27.2. The van der Waals surface area contributed by atoms with Gasteiger partial charge in [0.2, 0.25) is 5.91 Å². The monoisotopic (exact) mass is 538 g/mol. The number of rotatable bonds is 7. The molecular formula is C31H30N4O3S. The number of anilines is 2. The Bertz CT molecular complexity index is 1470. The number of carbonyl (C=O) groups is 2. The Kier molecular flexibility index (Phi) is 8.13. The molecular weight excluding hydrogens is 508 g/mol. The maximum absolute atomic E-state index is 13.8. The minimum atomic E-state index is -0.350. The van der Waals surface area contributed by atoms with Crippen LogP contribution < -0.4 is 15.4 Å². The lowest BCUT2D eigenvalue weighted by Gasteiger charge is -2.41. The molecule has 0 aromatic heterocycles. The smallest absolute Gasteiger partial charge is 0.255 e. The van der Waals surface area contributed by atoms with E-state index in [9.17, 15) is 9.59 Å². The Morgan fingerprint density at radius 3 is 2.64 bits per heavy atom. The lowest BCUT2D eigenvalue weighted by molar-refractivity contribution is -0.113. The second-order valence-corrected chi connectivity index (χ2v) is 10.3. The maximum atomic E-state index is 13.8. The Balaban J connectivity index is 1.44. The lowest BCUT2D eigenvalue weighted by atomic mass is 9.93. The summed E-state index contributed by atoms with van der Waals surface area (Å²) in [6.45, 7) is 2.66. The molecule has 1 atom stereocenters. The van der Waals surface area contributed by atoms with Crippen molar-refractivity contribution in [2.24, 2.45) is 4.99 Å². The minimum Gasteiger partial charge on any atom is -0.495 e. The second-order valence-electron chi connectivity index (χ2n) is 9.20. The fourth-order valence-corrected chi connectivity index (χ4v) is 5.77. The number of allylic oxidation sites excluding steroid dienone is 1. The van der Waals surface area contributed by atoms with Crippen LogP contribution in [0.5, 0.6) is 5.75 Å². The summed E-state index contributed by atoms with van der Waals surface area (Å²) in [5, 5.41) is 6.91. The van der Waals surface area contributed by atoms with Crippen LogP contribution in [-0.4, -0.2) is 41.3 Å². The maximum Gasteiger partial charge on any atom is 0.255 e. The highest BCUT2D eigenvalue weighted by Gasteiger charge is 2.37. The Morgan fingerprint density at radius 1 is 1.03 bits per heavy atom. The first-order valence-electron chi connectivity index (χ1n) is 12.8. The van der Waals surface area contributed by atoms with Crippen molar-refractivity contribution in [3.8, 4) is 5.75 Å². The third-order valence-electron chi connectivity index (χ3n) is 6.55. The summed E-state index contributed by atoms with van der Waals surface area (Å²) >= 11 is 1.70. The molecule has 39 heavy (non-hydrogen) atoms. The van der Waals surface area contributed by atoms with Gasteiger partial charge in [0.25, 0.3) is 5.91 Å². The van der Waals surface area contributed by atoms with E-state index in [0.717, 1.165) is 35.0 Å². The number of thioether (sulfide) groups is 1. The molecule has 1 saturated heterocycles. The van der Waals surface area contributed by atoms with Gasteiger partial charge < -0.3 is 20.3 Å². The number of aliphatic imine (C=N–C) groups is 1. The Labute approximate surface area is 232 Å². The standard InChI is InChI=1S/C31H30N4O3S/c1-21-28(30(37)34-25-14-6-7-15-26(25)38-2)29(35-18-9-19-39-31(35)32-21)23-12-8-13-24(20-23)33-27(36)17-16-22-10-4-3-5-11-22/h3-8,10-17,20,29H,9,18-19H2,1-2H3,(H,33,36)(H,34,37)/b17-16+. The molecule has 3 aromatic carbocycles. The number of fused-ring (bicyclic) bond motifs is 1. The van der Waals surface area contributed by atoms with Crippen LogP contribution in [0.3, 0.4) is 0 Å². The molecule has 0 bridgehead atoms.